The average Bonchev–Trinajstić information content (AvgIpc) is 3.47. The SMILES string of the molecule is CC/C=C\C/C=C\C/C=C\C/C=C\C/C=C\C/C=C\C/C=C\C/C=C\C/C=C\C/C=C\CCCCCCC(=O)OCC(COC(=O)CCCCCCCCC)OC(=O)CCCCCCCCCCC/C=C\C/C=C\CCCCCCC. The third-order valence-corrected chi connectivity index (χ3v) is 13.8. The topological polar surface area (TPSA) is 78.9 Å². The van der Waals surface area contributed by atoms with Crippen LogP contribution in [-0.4, -0.2) is 37.2 Å². The lowest BCUT2D eigenvalue weighted by Gasteiger charge is -2.18. The molecule has 0 aromatic carbocycles. The van der Waals surface area contributed by atoms with E-state index >= 15 is 0 Å². The van der Waals surface area contributed by atoms with Crippen molar-refractivity contribution >= 4 is 17.9 Å². The van der Waals surface area contributed by atoms with Crippen LogP contribution in [0.4, 0.5) is 0 Å². The first-order chi connectivity index (χ1) is 40.0. The highest BCUT2D eigenvalue weighted by molar-refractivity contribution is 5.71. The van der Waals surface area contributed by atoms with Gasteiger partial charge in [-0.1, -0.05) is 289 Å². The van der Waals surface area contributed by atoms with E-state index in [-0.39, 0.29) is 31.1 Å². The minimum Gasteiger partial charge on any atom is -0.462 e. The second-order valence-electron chi connectivity index (χ2n) is 21.6. The van der Waals surface area contributed by atoms with Gasteiger partial charge in [0.1, 0.15) is 13.2 Å². The zero-order valence-corrected chi connectivity index (χ0v) is 52.5. The fourth-order valence-electron chi connectivity index (χ4n) is 8.85. The van der Waals surface area contributed by atoms with Gasteiger partial charge in [0.15, 0.2) is 6.10 Å². The van der Waals surface area contributed by atoms with E-state index in [9.17, 15) is 14.4 Å². The lowest BCUT2D eigenvalue weighted by molar-refractivity contribution is -0.167. The lowest BCUT2D eigenvalue weighted by atomic mass is 10.1. The predicted molar refractivity (Wildman–Crippen MR) is 352 cm³/mol. The number of carbonyl (C=O) groups excluding carboxylic acids is 3. The summed E-state index contributed by atoms with van der Waals surface area (Å²) in [4.78, 5) is 38.1. The van der Waals surface area contributed by atoms with Crippen LogP contribution >= 0.6 is 0 Å². The summed E-state index contributed by atoms with van der Waals surface area (Å²) in [5, 5.41) is 0. The van der Waals surface area contributed by atoms with Gasteiger partial charge in [-0.05, 0) is 128 Å². The molecule has 458 valence electrons. The van der Waals surface area contributed by atoms with Crippen LogP contribution in [0.15, 0.2) is 146 Å². The van der Waals surface area contributed by atoms with Crippen LogP contribution in [0.3, 0.4) is 0 Å². The van der Waals surface area contributed by atoms with Gasteiger partial charge in [0.2, 0.25) is 0 Å². The molecule has 0 aliphatic rings. The van der Waals surface area contributed by atoms with Gasteiger partial charge < -0.3 is 14.2 Å². The smallest absolute Gasteiger partial charge is 0.306 e. The second-order valence-corrected chi connectivity index (χ2v) is 21.6. The Morgan fingerprint density at radius 2 is 0.481 bits per heavy atom. The largest absolute Gasteiger partial charge is 0.462 e. The molecule has 0 radical (unpaired) electrons. The molecule has 0 saturated carbocycles. The quantitative estimate of drug-likeness (QED) is 0.0261. The van der Waals surface area contributed by atoms with Crippen LogP contribution in [0.5, 0.6) is 0 Å². The molecule has 0 amide bonds. The molecule has 0 aromatic heterocycles. The number of ether oxygens (including phenoxy) is 3. The first-order valence-electron chi connectivity index (χ1n) is 33.3. The van der Waals surface area contributed by atoms with Gasteiger partial charge >= 0.3 is 17.9 Å². The third kappa shape index (κ3) is 66.0. The van der Waals surface area contributed by atoms with E-state index in [1.165, 1.54) is 109 Å². The Morgan fingerprint density at radius 1 is 0.259 bits per heavy atom. The van der Waals surface area contributed by atoms with Crippen LogP contribution < -0.4 is 0 Å². The molecule has 0 aliphatic carbocycles. The summed E-state index contributed by atoms with van der Waals surface area (Å²) in [6, 6.07) is 0. The fourth-order valence-corrected chi connectivity index (χ4v) is 8.85. The van der Waals surface area contributed by atoms with Crippen molar-refractivity contribution < 1.29 is 28.6 Å². The number of rotatable bonds is 59. The minimum absolute atomic E-state index is 0.0905. The van der Waals surface area contributed by atoms with Gasteiger partial charge in [0, 0.05) is 19.3 Å². The Kier molecular flexibility index (Phi) is 63.9. The van der Waals surface area contributed by atoms with Gasteiger partial charge in [-0.25, -0.2) is 0 Å². The maximum Gasteiger partial charge on any atom is 0.306 e. The number of carbonyl (C=O) groups is 3. The fraction of sp³-hybridized carbons (Fsp3) is 0.640. The number of esters is 3. The highest BCUT2D eigenvalue weighted by atomic mass is 16.6. The molecule has 1 atom stereocenters. The van der Waals surface area contributed by atoms with Crippen molar-refractivity contribution in [2.24, 2.45) is 0 Å². The Bertz CT molecular complexity index is 1760. The molecule has 6 heteroatoms. The summed E-state index contributed by atoms with van der Waals surface area (Å²) < 4.78 is 16.8. The van der Waals surface area contributed by atoms with Crippen molar-refractivity contribution in [1.29, 1.82) is 0 Å². The molecule has 0 aromatic rings. The van der Waals surface area contributed by atoms with Crippen molar-refractivity contribution in [3.63, 3.8) is 0 Å². The summed E-state index contributed by atoms with van der Waals surface area (Å²) in [6.45, 7) is 6.45. The predicted octanol–water partition coefficient (Wildman–Crippen LogP) is 23.1. The Morgan fingerprint density at radius 3 is 0.753 bits per heavy atom. The average molecular weight is 1120 g/mol. The van der Waals surface area contributed by atoms with E-state index in [0.29, 0.717) is 19.3 Å². The summed E-state index contributed by atoms with van der Waals surface area (Å²) >= 11 is 0. The zero-order chi connectivity index (χ0) is 58.5. The molecule has 0 N–H and O–H groups in total. The molecule has 81 heavy (non-hydrogen) atoms. The van der Waals surface area contributed by atoms with Gasteiger partial charge in [-0.15, -0.1) is 0 Å². The Labute approximate surface area is 499 Å². The first-order valence-corrected chi connectivity index (χ1v) is 33.3. The highest BCUT2D eigenvalue weighted by Gasteiger charge is 2.19. The third-order valence-electron chi connectivity index (χ3n) is 13.8. The van der Waals surface area contributed by atoms with E-state index in [1.807, 2.05) is 0 Å². The van der Waals surface area contributed by atoms with Crippen molar-refractivity contribution in [2.75, 3.05) is 13.2 Å². The van der Waals surface area contributed by atoms with E-state index in [1.54, 1.807) is 0 Å². The minimum atomic E-state index is -0.794. The standard InChI is InChI=1S/C75H122O6/c1-4-7-10-13-16-18-20-22-24-26-28-30-31-32-33-34-35-36-37-38-39-40-41-42-43-45-46-48-50-52-54-56-59-62-65-68-74(77)80-71-72(70-79-73(76)67-64-61-58-15-12-9-6-3)81-75(78)69-66-63-60-57-55-53-51-49-47-44-29-27-25-23-21-19-17-14-11-8-5-2/h7,10,16,18,21-24,27-30,32-33,35-36,38-39,41-42,45-46,50,52,72H,4-6,8-9,11-15,17,19-20,25-26,31,34,37,40,43-44,47-49,51,53-71H2,1-3H3/b10-7-,18-16-,23-21-,24-22-,29-27-,30-28-,33-32-,36-35-,39-38-,42-41-,46-45-,52-50-. The molecule has 0 fully saturated rings. The van der Waals surface area contributed by atoms with Crippen molar-refractivity contribution in [1.82, 2.24) is 0 Å². The van der Waals surface area contributed by atoms with Crippen LogP contribution in [-0.2, 0) is 28.6 Å². The van der Waals surface area contributed by atoms with E-state index in [4.69, 9.17) is 14.2 Å². The molecule has 6 nitrogen and oxygen atoms in total. The van der Waals surface area contributed by atoms with Crippen LogP contribution in [0.1, 0.15) is 290 Å². The summed E-state index contributed by atoms with van der Waals surface area (Å²) in [7, 11) is 0. The van der Waals surface area contributed by atoms with Crippen LogP contribution in [0.2, 0.25) is 0 Å². The van der Waals surface area contributed by atoms with Gasteiger partial charge in [-0.2, -0.15) is 0 Å². The Hall–Kier alpha value is -4.71. The van der Waals surface area contributed by atoms with Crippen molar-refractivity contribution in [2.45, 2.75) is 297 Å². The highest BCUT2D eigenvalue weighted by Crippen LogP contribution is 2.15. The van der Waals surface area contributed by atoms with Crippen LogP contribution in [0.25, 0.3) is 0 Å². The van der Waals surface area contributed by atoms with Crippen molar-refractivity contribution in [3.8, 4) is 0 Å². The van der Waals surface area contributed by atoms with E-state index in [2.05, 4.69) is 167 Å². The normalized spacial score (nSPS) is 13.1. The molecule has 0 saturated heterocycles. The summed E-state index contributed by atoms with van der Waals surface area (Å²) in [5.74, 6) is -0.927. The Balaban J connectivity index is 4.21. The molecule has 0 bridgehead atoms. The second kappa shape index (κ2) is 67.8. The molecular weight excluding hydrogens is 997 g/mol. The maximum absolute atomic E-state index is 12.9. The summed E-state index contributed by atoms with van der Waals surface area (Å²) in [6.07, 6.45) is 97.4. The lowest BCUT2D eigenvalue weighted by Crippen LogP contribution is -2.30. The number of unbranched alkanes of at least 4 members (excludes halogenated alkanes) is 24. The number of hydrogen-bond acceptors (Lipinski definition) is 6. The molecule has 0 heterocycles. The number of hydrogen-bond donors (Lipinski definition) is 0. The first kappa shape index (κ1) is 76.3. The molecule has 0 rings (SSSR count). The number of allylic oxidation sites excluding steroid dienone is 24. The molecule has 1 unspecified atom stereocenters. The van der Waals surface area contributed by atoms with Crippen molar-refractivity contribution in [3.05, 3.63) is 146 Å². The van der Waals surface area contributed by atoms with Gasteiger partial charge in [0.05, 0.1) is 0 Å². The monoisotopic (exact) mass is 1120 g/mol. The van der Waals surface area contributed by atoms with Gasteiger partial charge in [-0.3, -0.25) is 14.4 Å². The van der Waals surface area contributed by atoms with Gasteiger partial charge in [0.25, 0.3) is 0 Å². The van der Waals surface area contributed by atoms with Crippen LogP contribution in [0, 0.1) is 0 Å². The summed E-state index contributed by atoms with van der Waals surface area (Å²) in [5.41, 5.74) is 0. The molecule has 0 spiro atoms. The maximum atomic E-state index is 12.9. The van der Waals surface area contributed by atoms with E-state index in [0.717, 1.165) is 141 Å². The zero-order valence-electron chi connectivity index (χ0n) is 52.5. The molecule has 0 aliphatic heterocycles. The molecular formula is C75H122O6. The van der Waals surface area contributed by atoms with E-state index < -0.39 is 6.10 Å².